The van der Waals surface area contributed by atoms with Gasteiger partial charge in [0.15, 0.2) is 11.3 Å². The average Bonchev–Trinajstić information content (AvgIpc) is 3.60. The van der Waals surface area contributed by atoms with Gasteiger partial charge in [-0.1, -0.05) is 11.6 Å². The summed E-state index contributed by atoms with van der Waals surface area (Å²) in [7, 11) is 0. The van der Waals surface area contributed by atoms with Gasteiger partial charge < -0.3 is 20.7 Å². The molecule has 0 unspecified atom stereocenters. The normalized spacial score (nSPS) is 22.9. The predicted molar refractivity (Wildman–Crippen MR) is 139 cm³/mol. The second kappa shape index (κ2) is 10.2. The summed E-state index contributed by atoms with van der Waals surface area (Å²) in [5.74, 6) is 0.442. The molecule has 1 saturated heterocycles. The maximum atomic E-state index is 13.1. The Labute approximate surface area is 214 Å². The van der Waals surface area contributed by atoms with Crippen LogP contribution >= 0.6 is 11.6 Å². The van der Waals surface area contributed by atoms with Crippen LogP contribution in [0.15, 0.2) is 30.6 Å². The lowest BCUT2D eigenvalue weighted by Gasteiger charge is -2.39. The highest BCUT2D eigenvalue weighted by Gasteiger charge is 2.28. The van der Waals surface area contributed by atoms with Crippen LogP contribution in [0, 0.1) is 0 Å². The van der Waals surface area contributed by atoms with Crippen LogP contribution in [0.3, 0.4) is 0 Å². The quantitative estimate of drug-likeness (QED) is 0.413. The van der Waals surface area contributed by atoms with Crippen LogP contribution in [0.1, 0.15) is 49.0 Å². The van der Waals surface area contributed by atoms with E-state index in [1.165, 1.54) is 12.8 Å². The first kappa shape index (κ1) is 23.4. The smallest absolute Gasteiger partial charge is 0.276 e. The van der Waals surface area contributed by atoms with E-state index >= 15 is 0 Å². The van der Waals surface area contributed by atoms with Gasteiger partial charge in [0.2, 0.25) is 0 Å². The number of imidazole rings is 1. The van der Waals surface area contributed by atoms with Gasteiger partial charge in [-0.2, -0.15) is 0 Å². The van der Waals surface area contributed by atoms with Gasteiger partial charge in [-0.3, -0.25) is 9.69 Å². The summed E-state index contributed by atoms with van der Waals surface area (Å²) in [5.41, 5.74) is 2.46. The lowest BCUT2D eigenvalue weighted by Crippen LogP contribution is -2.46. The topological polar surface area (TPSA) is 109 Å². The third-order valence-electron chi connectivity index (χ3n) is 7.23. The van der Waals surface area contributed by atoms with E-state index in [0.717, 1.165) is 63.5 Å². The largest absolute Gasteiger partial charge is 0.379 e. The molecule has 4 heterocycles. The molecule has 3 aliphatic rings. The molecule has 190 valence electrons. The third-order valence-corrected chi connectivity index (χ3v) is 7.44. The van der Waals surface area contributed by atoms with E-state index in [1.54, 1.807) is 29.0 Å². The van der Waals surface area contributed by atoms with Crippen LogP contribution in [0.2, 0.25) is 5.15 Å². The van der Waals surface area contributed by atoms with Crippen LogP contribution in [-0.2, 0) is 4.74 Å². The highest BCUT2D eigenvalue weighted by Crippen LogP contribution is 2.30. The molecule has 3 aromatic rings. The van der Waals surface area contributed by atoms with Gasteiger partial charge >= 0.3 is 0 Å². The zero-order valence-electron chi connectivity index (χ0n) is 20.1. The Morgan fingerprint density at radius 1 is 1.00 bits per heavy atom. The molecular formula is C25H31ClN8O2. The number of hydrogen-bond donors (Lipinski definition) is 3. The first-order chi connectivity index (χ1) is 17.6. The SMILES string of the molecule is O=C(Nc1ccnc(Cl)c1)c1cnc2c(NC3CC3)cc(N[C@H]3CC[C@H](N4CCOCC4)CC3)nn12. The molecule has 2 aliphatic carbocycles. The Kier molecular flexibility index (Phi) is 6.64. The van der Waals surface area contributed by atoms with E-state index in [1.807, 2.05) is 6.07 Å². The molecular weight excluding hydrogens is 480 g/mol. The number of amides is 1. The third kappa shape index (κ3) is 5.25. The van der Waals surface area contributed by atoms with Crippen molar-refractivity contribution in [3.63, 3.8) is 0 Å². The highest BCUT2D eigenvalue weighted by atomic mass is 35.5. The Morgan fingerprint density at radius 3 is 2.50 bits per heavy atom. The fourth-order valence-electron chi connectivity index (χ4n) is 5.16. The van der Waals surface area contributed by atoms with Gasteiger partial charge in [0.1, 0.15) is 11.0 Å². The molecule has 3 aromatic heterocycles. The van der Waals surface area contributed by atoms with E-state index < -0.39 is 0 Å². The van der Waals surface area contributed by atoms with Crippen LogP contribution in [0.25, 0.3) is 5.65 Å². The molecule has 0 aromatic carbocycles. The van der Waals surface area contributed by atoms with Crippen LogP contribution in [-0.4, -0.2) is 74.8 Å². The molecule has 2 saturated carbocycles. The number of morpholine rings is 1. The van der Waals surface area contributed by atoms with Crippen molar-refractivity contribution in [1.82, 2.24) is 24.5 Å². The molecule has 0 radical (unpaired) electrons. The van der Waals surface area contributed by atoms with Crippen molar-refractivity contribution >= 4 is 40.3 Å². The first-order valence-electron chi connectivity index (χ1n) is 12.8. The van der Waals surface area contributed by atoms with Crippen molar-refractivity contribution in [2.24, 2.45) is 0 Å². The lowest BCUT2D eigenvalue weighted by atomic mass is 9.90. The van der Waals surface area contributed by atoms with Crippen molar-refractivity contribution in [3.05, 3.63) is 41.4 Å². The van der Waals surface area contributed by atoms with Crippen molar-refractivity contribution in [1.29, 1.82) is 0 Å². The Balaban J connectivity index is 1.20. The minimum Gasteiger partial charge on any atom is -0.379 e. The van der Waals surface area contributed by atoms with Gasteiger partial charge in [0, 0.05) is 49.2 Å². The molecule has 10 nitrogen and oxygen atoms in total. The second-order valence-electron chi connectivity index (χ2n) is 9.86. The Morgan fingerprint density at radius 2 is 1.75 bits per heavy atom. The summed E-state index contributed by atoms with van der Waals surface area (Å²) in [4.78, 5) is 24.2. The standard InChI is InChI=1S/C25H31ClN8O2/c26-22-13-18(7-8-27-22)31-25(35)21-15-28-24-20(29-16-1-2-16)14-23(32-34(21)24)30-17-3-5-19(6-4-17)33-9-11-36-12-10-33/h7-8,13-17,19,29H,1-6,9-12H2,(H,30,32)(H,27,31,35)/t17-,19-. The number of halogens is 1. The van der Waals surface area contributed by atoms with Crippen LogP contribution in [0.5, 0.6) is 0 Å². The van der Waals surface area contributed by atoms with E-state index in [-0.39, 0.29) is 5.91 Å². The van der Waals surface area contributed by atoms with E-state index in [2.05, 4.69) is 30.8 Å². The Hall–Kier alpha value is -2.95. The zero-order chi connectivity index (χ0) is 24.5. The maximum absolute atomic E-state index is 13.1. The number of fused-ring (bicyclic) bond motifs is 1. The lowest BCUT2D eigenvalue weighted by molar-refractivity contribution is 0.00790. The number of nitrogens with zero attached hydrogens (tertiary/aromatic N) is 5. The highest BCUT2D eigenvalue weighted by molar-refractivity contribution is 6.29. The minimum atomic E-state index is -0.308. The molecule has 11 heteroatoms. The molecule has 36 heavy (non-hydrogen) atoms. The minimum absolute atomic E-state index is 0.308. The molecule has 3 fully saturated rings. The van der Waals surface area contributed by atoms with Gasteiger partial charge in [-0.05, 0) is 50.7 Å². The zero-order valence-corrected chi connectivity index (χ0v) is 20.9. The fraction of sp³-hybridized carbons (Fsp3) is 0.520. The fourth-order valence-corrected chi connectivity index (χ4v) is 5.33. The van der Waals surface area contributed by atoms with Gasteiger partial charge in [0.25, 0.3) is 5.91 Å². The second-order valence-corrected chi connectivity index (χ2v) is 10.2. The molecule has 0 bridgehead atoms. The van der Waals surface area contributed by atoms with Crippen molar-refractivity contribution in [2.45, 2.75) is 56.7 Å². The molecule has 6 rings (SSSR count). The summed E-state index contributed by atoms with van der Waals surface area (Å²) in [6.45, 7) is 3.75. The van der Waals surface area contributed by atoms with Gasteiger partial charge in [-0.25, -0.2) is 14.5 Å². The summed E-state index contributed by atoms with van der Waals surface area (Å²) in [6, 6.07) is 6.76. The summed E-state index contributed by atoms with van der Waals surface area (Å²) >= 11 is 5.97. The Bertz CT molecular complexity index is 1230. The number of carbonyl (C=O) groups excluding carboxylic acids is 1. The average molecular weight is 511 g/mol. The summed E-state index contributed by atoms with van der Waals surface area (Å²) in [6.07, 6.45) is 9.91. The molecule has 0 spiro atoms. The molecule has 1 aliphatic heterocycles. The van der Waals surface area contributed by atoms with Gasteiger partial charge in [0.05, 0.1) is 25.1 Å². The number of ether oxygens (including phenoxy) is 1. The van der Waals surface area contributed by atoms with Crippen LogP contribution in [0.4, 0.5) is 17.2 Å². The summed E-state index contributed by atoms with van der Waals surface area (Å²) in [5, 5.41) is 15.2. The molecule has 1 amide bonds. The number of rotatable bonds is 7. The first-order valence-corrected chi connectivity index (χ1v) is 13.2. The monoisotopic (exact) mass is 510 g/mol. The van der Waals surface area contributed by atoms with Crippen LogP contribution < -0.4 is 16.0 Å². The number of pyridine rings is 1. The maximum Gasteiger partial charge on any atom is 0.276 e. The predicted octanol–water partition coefficient (Wildman–Crippen LogP) is 3.66. The number of carbonyl (C=O) groups is 1. The number of aromatic nitrogens is 4. The van der Waals surface area contributed by atoms with Crippen molar-refractivity contribution in [2.75, 3.05) is 42.3 Å². The van der Waals surface area contributed by atoms with Crippen molar-refractivity contribution < 1.29 is 9.53 Å². The van der Waals surface area contributed by atoms with E-state index in [4.69, 9.17) is 21.4 Å². The van der Waals surface area contributed by atoms with Crippen molar-refractivity contribution in [3.8, 4) is 0 Å². The number of anilines is 3. The number of nitrogens with one attached hydrogen (secondary N) is 3. The van der Waals surface area contributed by atoms with Gasteiger partial charge in [-0.15, -0.1) is 5.10 Å². The molecule has 3 N–H and O–H groups in total. The molecule has 0 atom stereocenters. The van der Waals surface area contributed by atoms with E-state index in [0.29, 0.717) is 40.3 Å². The number of hydrogen-bond acceptors (Lipinski definition) is 8. The van der Waals surface area contributed by atoms with E-state index in [9.17, 15) is 4.79 Å². The summed E-state index contributed by atoms with van der Waals surface area (Å²) < 4.78 is 7.14.